The molecule has 0 unspecified atom stereocenters. The molecule has 2 nitrogen and oxygen atoms in total. The summed E-state index contributed by atoms with van der Waals surface area (Å²) in [6.45, 7) is 2.72. The second-order valence-electron chi connectivity index (χ2n) is 4.61. The molecule has 0 heterocycles. The second kappa shape index (κ2) is 5.53. The first-order valence-corrected chi connectivity index (χ1v) is 6.06. The topological polar surface area (TPSA) is 27.0 Å². The molecule has 3 heteroatoms. The van der Waals surface area contributed by atoms with Crippen molar-refractivity contribution in [3.8, 4) is 6.07 Å². The fraction of sp³-hybridized carbons (Fsp3) is 0.188. The number of anilines is 1. The molecular weight excluding hydrogens is 239 g/mol. The van der Waals surface area contributed by atoms with Crippen LogP contribution in [0.25, 0.3) is 0 Å². The van der Waals surface area contributed by atoms with E-state index in [9.17, 15) is 4.39 Å². The molecule has 0 radical (unpaired) electrons. The Kier molecular flexibility index (Phi) is 3.82. The van der Waals surface area contributed by atoms with Gasteiger partial charge < -0.3 is 4.90 Å². The van der Waals surface area contributed by atoms with E-state index in [-0.39, 0.29) is 5.82 Å². The summed E-state index contributed by atoms with van der Waals surface area (Å²) >= 11 is 0. The van der Waals surface area contributed by atoms with Crippen LogP contribution < -0.4 is 4.90 Å². The lowest BCUT2D eigenvalue weighted by Gasteiger charge is -2.20. The minimum Gasteiger partial charge on any atom is -0.369 e. The van der Waals surface area contributed by atoms with Gasteiger partial charge in [-0.05, 0) is 30.7 Å². The molecule has 19 heavy (non-hydrogen) atoms. The second-order valence-corrected chi connectivity index (χ2v) is 4.61. The summed E-state index contributed by atoms with van der Waals surface area (Å²) in [6.07, 6.45) is 0. The lowest BCUT2D eigenvalue weighted by atomic mass is 10.1. The van der Waals surface area contributed by atoms with Crippen molar-refractivity contribution in [2.45, 2.75) is 13.5 Å². The van der Waals surface area contributed by atoms with Crippen LogP contribution in [0.4, 0.5) is 10.1 Å². The first-order chi connectivity index (χ1) is 9.10. The third-order valence-electron chi connectivity index (χ3n) is 3.03. The average Bonchev–Trinajstić information content (AvgIpc) is 2.41. The molecule has 0 atom stereocenters. The minimum absolute atomic E-state index is 0.356. The highest BCUT2D eigenvalue weighted by molar-refractivity contribution is 5.59. The number of nitriles is 1. The highest BCUT2D eigenvalue weighted by Gasteiger charge is 2.08. The summed E-state index contributed by atoms with van der Waals surface area (Å²) in [5.74, 6) is -0.385. The van der Waals surface area contributed by atoms with E-state index in [1.54, 1.807) is 6.07 Å². The van der Waals surface area contributed by atoms with Crippen LogP contribution in [0.3, 0.4) is 0 Å². The van der Waals surface area contributed by atoms with Gasteiger partial charge in [0.2, 0.25) is 0 Å². The molecule has 2 rings (SSSR count). The number of benzene rings is 2. The van der Waals surface area contributed by atoms with Crippen molar-refractivity contribution in [3.63, 3.8) is 0 Å². The van der Waals surface area contributed by atoms with Crippen LogP contribution in [-0.4, -0.2) is 7.05 Å². The van der Waals surface area contributed by atoms with Crippen LogP contribution in [0.15, 0.2) is 42.5 Å². The quantitative estimate of drug-likeness (QED) is 0.836. The SMILES string of the molecule is Cc1ccc(CN(C)c2ccc(F)cc2C#N)cc1. The third kappa shape index (κ3) is 3.11. The number of rotatable bonds is 3. The fourth-order valence-corrected chi connectivity index (χ4v) is 1.98. The number of hydrogen-bond donors (Lipinski definition) is 0. The number of halogens is 1. The zero-order valence-electron chi connectivity index (χ0n) is 11.0. The summed E-state index contributed by atoms with van der Waals surface area (Å²) in [6, 6.07) is 14.5. The summed E-state index contributed by atoms with van der Waals surface area (Å²) in [4.78, 5) is 1.95. The maximum absolute atomic E-state index is 13.1. The predicted octanol–water partition coefficient (Wildman–Crippen LogP) is 3.64. The van der Waals surface area contributed by atoms with Gasteiger partial charge in [0.15, 0.2) is 0 Å². The van der Waals surface area contributed by atoms with Gasteiger partial charge in [-0.25, -0.2) is 4.39 Å². The summed E-state index contributed by atoms with van der Waals surface area (Å²) in [5, 5.41) is 9.05. The van der Waals surface area contributed by atoms with Gasteiger partial charge >= 0.3 is 0 Å². The van der Waals surface area contributed by atoms with Crippen molar-refractivity contribution in [3.05, 3.63) is 65.0 Å². The molecule has 0 amide bonds. The highest BCUT2D eigenvalue weighted by Crippen LogP contribution is 2.21. The van der Waals surface area contributed by atoms with Gasteiger partial charge in [-0.15, -0.1) is 0 Å². The number of hydrogen-bond acceptors (Lipinski definition) is 2. The van der Waals surface area contributed by atoms with Crippen LogP contribution in [0.5, 0.6) is 0 Å². The fourth-order valence-electron chi connectivity index (χ4n) is 1.98. The van der Waals surface area contributed by atoms with Crippen LogP contribution in [0.1, 0.15) is 16.7 Å². The lowest BCUT2D eigenvalue weighted by molar-refractivity contribution is 0.627. The van der Waals surface area contributed by atoms with Crippen molar-refractivity contribution in [1.82, 2.24) is 0 Å². The van der Waals surface area contributed by atoms with Crippen molar-refractivity contribution < 1.29 is 4.39 Å². The molecule has 0 aliphatic heterocycles. The van der Waals surface area contributed by atoms with Crippen molar-refractivity contribution in [2.24, 2.45) is 0 Å². The molecule has 0 saturated heterocycles. The van der Waals surface area contributed by atoms with E-state index in [2.05, 4.69) is 24.3 Å². The van der Waals surface area contributed by atoms with Crippen LogP contribution in [-0.2, 0) is 6.54 Å². The largest absolute Gasteiger partial charge is 0.369 e. The maximum Gasteiger partial charge on any atom is 0.124 e. The Morgan fingerprint density at radius 2 is 1.84 bits per heavy atom. The molecule has 0 aliphatic carbocycles. The molecule has 96 valence electrons. The third-order valence-corrected chi connectivity index (χ3v) is 3.03. The monoisotopic (exact) mass is 254 g/mol. The predicted molar refractivity (Wildman–Crippen MR) is 74.4 cm³/mol. The number of nitrogens with zero attached hydrogens (tertiary/aromatic N) is 2. The van der Waals surface area contributed by atoms with Gasteiger partial charge in [-0.1, -0.05) is 29.8 Å². The standard InChI is InChI=1S/C16H15FN2/c1-12-3-5-13(6-4-12)11-19(2)16-8-7-15(17)9-14(16)10-18/h3-9H,11H2,1-2H3. The van der Waals surface area contributed by atoms with E-state index in [1.807, 2.05) is 24.9 Å². The van der Waals surface area contributed by atoms with Crippen LogP contribution in [0, 0.1) is 24.1 Å². The molecular formula is C16H15FN2. The first-order valence-electron chi connectivity index (χ1n) is 6.06. The van der Waals surface area contributed by atoms with Crippen LogP contribution >= 0.6 is 0 Å². The van der Waals surface area contributed by atoms with Crippen molar-refractivity contribution >= 4 is 5.69 Å². The number of aryl methyl sites for hydroxylation is 1. The van der Waals surface area contributed by atoms with Gasteiger partial charge in [0.1, 0.15) is 11.9 Å². The van der Waals surface area contributed by atoms with E-state index in [0.717, 1.165) is 11.3 Å². The Labute approximate surface area is 112 Å². The van der Waals surface area contributed by atoms with Crippen molar-refractivity contribution in [2.75, 3.05) is 11.9 Å². The normalized spacial score (nSPS) is 10.0. The smallest absolute Gasteiger partial charge is 0.124 e. The molecule has 2 aromatic carbocycles. The van der Waals surface area contributed by atoms with E-state index >= 15 is 0 Å². The van der Waals surface area contributed by atoms with Crippen molar-refractivity contribution in [1.29, 1.82) is 5.26 Å². The molecule has 0 saturated carbocycles. The molecule has 0 spiro atoms. The summed E-state index contributed by atoms with van der Waals surface area (Å²) in [5.41, 5.74) is 3.46. The van der Waals surface area contributed by atoms with Crippen LogP contribution in [0.2, 0.25) is 0 Å². The van der Waals surface area contributed by atoms with E-state index < -0.39 is 0 Å². The lowest BCUT2D eigenvalue weighted by Crippen LogP contribution is -2.17. The first kappa shape index (κ1) is 13.1. The molecule has 0 fully saturated rings. The van der Waals surface area contributed by atoms with E-state index in [1.165, 1.54) is 17.7 Å². The van der Waals surface area contributed by atoms with Gasteiger partial charge in [-0.2, -0.15) is 5.26 Å². The Balaban J connectivity index is 2.23. The van der Waals surface area contributed by atoms with Gasteiger partial charge in [0, 0.05) is 13.6 Å². The van der Waals surface area contributed by atoms with E-state index in [4.69, 9.17) is 5.26 Å². The minimum atomic E-state index is -0.385. The molecule has 0 bridgehead atoms. The maximum atomic E-state index is 13.1. The molecule has 0 N–H and O–H groups in total. The Bertz CT molecular complexity index is 612. The zero-order chi connectivity index (χ0) is 13.8. The zero-order valence-corrected chi connectivity index (χ0v) is 11.0. The average molecular weight is 254 g/mol. The van der Waals surface area contributed by atoms with Gasteiger partial charge in [0.25, 0.3) is 0 Å². The Morgan fingerprint density at radius 1 is 1.16 bits per heavy atom. The molecule has 0 aliphatic rings. The Hall–Kier alpha value is -2.34. The molecule has 0 aromatic heterocycles. The highest BCUT2D eigenvalue weighted by atomic mass is 19.1. The molecule has 2 aromatic rings. The van der Waals surface area contributed by atoms with Gasteiger partial charge in [0.05, 0.1) is 11.3 Å². The van der Waals surface area contributed by atoms with E-state index in [0.29, 0.717) is 12.1 Å². The van der Waals surface area contributed by atoms with Gasteiger partial charge in [-0.3, -0.25) is 0 Å². The summed E-state index contributed by atoms with van der Waals surface area (Å²) < 4.78 is 13.1. The summed E-state index contributed by atoms with van der Waals surface area (Å²) in [7, 11) is 1.90. The Morgan fingerprint density at radius 3 is 2.47 bits per heavy atom.